The van der Waals surface area contributed by atoms with Gasteiger partial charge in [0.15, 0.2) is 5.78 Å². The number of ketones is 1. The lowest BCUT2D eigenvalue weighted by Gasteiger charge is -2.20. The van der Waals surface area contributed by atoms with E-state index in [1.807, 2.05) is 0 Å². The van der Waals surface area contributed by atoms with Crippen LogP contribution >= 0.6 is 7.82 Å². The van der Waals surface area contributed by atoms with Crippen molar-refractivity contribution in [3.63, 3.8) is 0 Å². The number of carbonyl (C=O) groups excluding carboxylic acids is 2. The fraction of sp³-hybridized carbons (Fsp3) is 0.892. The van der Waals surface area contributed by atoms with Gasteiger partial charge in [-0.05, 0) is 12.8 Å². The van der Waals surface area contributed by atoms with Crippen LogP contribution in [0.1, 0.15) is 194 Å². The standard InChI is InChI=1S/C37H72NO6P/c1-4-7-9-11-13-15-17-19-21-23-25-27-29-31-35(39)36(34-38-33-6-3)43-45(41,42)44-37(40)32-30-28-26-24-22-20-18-16-14-12-10-8-5-2/h6,36,38H,3-5,7-34H2,1-2H3,(H,41,42). The van der Waals surface area contributed by atoms with Crippen LogP contribution in [0.15, 0.2) is 12.7 Å². The summed E-state index contributed by atoms with van der Waals surface area (Å²) < 4.78 is 22.6. The predicted octanol–water partition coefficient (Wildman–Crippen LogP) is 11.3. The highest BCUT2D eigenvalue weighted by Gasteiger charge is 2.33. The Morgan fingerprint density at radius 1 is 0.644 bits per heavy atom. The van der Waals surface area contributed by atoms with Gasteiger partial charge in [0.25, 0.3) is 0 Å². The number of Topliss-reactive ketones (excluding diaryl/α,β-unsaturated/α-hetero) is 1. The van der Waals surface area contributed by atoms with Crippen LogP contribution in [0, 0.1) is 0 Å². The molecule has 0 rings (SSSR count). The molecule has 0 radical (unpaired) electrons. The molecule has 0 bridgehead atoms. The molecule has 0 aliphatic rings. The highest BCUT2D eigenvalue weighted by atomic mass is 31.2. The average molecular weight is 658 g/mol. The molecule has 8 heteroatoms. The third-order valence-corrected chi connectivity index (χ3v) is 9.42. The zero-order valence-corrected chi connectivity index (χ0v) is 30.4. The predicted molar refractivity (Wildman–Crippen MR) is 189 cm³/mol. The zero-order valence-electron chi connectivity index (χ0n) is 29.5. The second-order valence-corrected chi connectivity index (χ2v) is 14.3. The van der Waals surface area contributed by atoms with E-state index in [0.29, 0.717) is 19.4 Å². The number of hydrogen-bond donors (Lipinski definition) is 2. The van der Waals surface area contributed by atoms with Gasteiger partial charge >= 0.3 is 13.8 Å². The largest absolute Gasteiger partial charge is 0.530 e. The van der Waals surface area contributed by atoms with E-state index in [1.54, 1.807) is 6.08 Å². The van der Waals surface area contributed by atoms with Crippen LogP contribution in [-0.2, 0) is 23.2 Å². The van der Waals surface area contributed by atoms with Crippen LogP contribution < -0.4 is 5.32 Å². The van der Waals surface area contributed by atoms with Crippen molar-refractivity contribution in [2.24, 2.45) is 0 Å². The monoisotopic (exact) mass is 658 g/mol. The molecule has 2 atom stereocenters. The van der Waals surface area contributed by atoms with E-state index >= 15 is 0 Å². The Kier molecular flexibility index (Phi) is 32.2. The molecule has 0 aliphatic carbocycles. The highest BCUT2D eigenvalue weighted by Crippen LogP contribution is 2.45. The maximum atomic E-state index is 12.8. The van der Waals surface area contributed by atoms with Gasteiger partial charge in [0.2, 0.25) is 0 Å². The Morgan fingerprint density at radius 2 is 1.00 bits per heavy atom. The molecule has 0 heterocycles. The number of hydrogen-bond acceptors (Lipinski definition) is 6. The first-order chi connectivity index (χ1) is 21.9. The molecule has 0 aromatic heterocycles. The first-order valence-electron chi connectivity index (χ1n) is 18.9. The van der Waals surface area contributed by atoms with Crippen molar-refractivity contribution in [3.8, 4) is 0 Å². The van der Waals surface area contributed by atoms with E-state index in [1.165, 1.54) is 122 Å². The van der Waals surface area contributed by atoms with E-state index in [0.717, 1.165) is 32.1 Å². The summed E-state index contributed by atoms with van der Waals surface area (Å²) >= 11 is 0. The molecular formula is C37H72NO6P. The third-order valence-electron chi connectivity index (χ3n) is 8.47. The Balaban J connectivity index is 4.12. The second kappa shape index (κ2) is 32.9. The summed E-state index contributed by atoms with van der Waals surface area (Å²) in [5.74, 6) is -1.01. The Labute approximate surface area is 278 Å². The average Bonchev–Trinajstić information content (AvgIpc) is 3.01. The molecule has 0 saturated carbocycles. The molecular weight excluding hydrogens is 585 g/mol. The van der Waals surface area contributed by atoms with Crippen molar-refractivity contribution in [2.45, 2.75) is 200 Å². The molecule has 0 aliphatic heterocycles. The number of phosphoric ester groups is 1. The number of nitrogens with one attached hydrogen (secondary N) is 1. The van der Waals surface area contributed by atoms with Crippen LogP contribution in [0.25, 0.3) is 0 Å². The quantitative estimate of drug-likeness (QED) is 0.0392. The van der Waals surface area contributed by atoms with Gasteiger partial charge in [-0.3, -0.25) is 19.0 Å². The van der Waals surface area contributed by atoms with Crippen LogP contribution in [0.2, 0.25) is 0 Å². The van der Waals surface area contributed by atoms with Gasteiger partial charge < -0.3 is 9.84 Å². The molecule has 0 amide bonds. The molecule has 0 saturated heterocycles. The summed E-state index contributed by atoms with van der Waals surface area (Å²) in [6.45, 7) is 8.63. The maximum absolute atomic E-state index is 12.8. The summed E-state index contributed by atoms with van der Waals surface area (Å²) in [5.41, 5.74) is 0. The summed E-state index contributed by atoms with van der Waals surface area (Å²) in [6, 6.07) is 0. The third kappa shape index (κ3) is 31.4. The summed E-state index contributed by atoms with van der Waals surface area (Å²) in [4.78, 5) is 35.3. The number of carbonyl (C=O) groups is 2. The molecule has 2 N–H and O–H groups in total. The van der Waals surface area contributed by atoms with Gasteiger partial charge in [-0.1, -0.05) is 174 Å². The Hall–Kier alpha value is -1.01. The first kappa shape index (κ1) is 44.0. The smallest absolute Gasteiger partial charge is 0.371 e. The minimum atomic E-state index is -4.70. The van der Waals surface area contributed by atoms with Crippen LogP contribution in [0.3, 0.4) is 0 Å². The molecule has 45 heavy (non-hydrogen) atoms. The van der Waals surface area contributed by atoms with Crippen molar-refractivity contribution in [2.75, 3.05) is 13.1 Å². The summed E-state index contributed by atoms with van der Waals surface area (Å²) in [7, 11) is -4.70. The lowest BCUT2D eigenvalue weighted by atomic mass is 10.0. The van der Waals surface area contributed by atoms with E-state index in [2.05, 4.69) is 25.7 Å². The van der Waals surface area contributed by atoms with Crippen molar-refractivity contribution in [3.05, 3.63) is 12.7 Å². The van der Waals surface area contributed by atoms with Crippen molar-refractivity contribution >= 4 is 19.6 Å². The maximum Gasteiger partial charge on any atom is 0.530 e. The lowest BCUT2D eigenvalue weighted by molar-refractivity contribution is -0.138. The topological polar surface area (TPSA) is 102 Å². The van der Waals surface area contributed by atoms with Gasteiger partial charge in [0.05, 0.1) is 0 Å². The first-order valence-corrected chi connectivity index (χ1v) is 20.4. The van der Waals surface area contributed by atoms with Crippen molar-refractivity contribution in [1.29, 1.82) is 0 Å². The molecule has 0 aromatic carbocycles. The van der Waals surface area contributed by atoms with Gasteiger partial charge in [-0.2, -0.15) is 0 Å². The minimum Gasteiger partial charge on any atom is -0.371 e. The van der Waals surface area contributed by atoms with E-state index in [-0.39, 0.29) is 25.2 Å². The Morgan fingerprint density at radius 3 is 1.38 bits per heavy atom. The van der Waals surface area contributed by atoms with E-state index in [4.69, 9.17) is 9.05 Å². The van der Waals surface area contributed by atoms with Crippen LogP contribution in [0.4, 0.5) is 0 Å². The molecule has 2 unspecified atom stereocenters. The highest BCUT2D eigenvalue weighted by molar-refractivity contribution is 7.48. The molecule has 7 nitrogen and oxygen atoms in total. The van der Waals surface area contributed by atoms with Gasteiger partial charge in [-0.25, -0.2) is 4.57 Å². The lowest BCUT2D eigenvalue weighted by Crippen LogP contribution is -2.35. The molecule has 0 spiro atoms. The number of rotatable bonds is 36. The van der Waals surface area contributed by atoms with Gasteiger partial charge in [-0.15, -0.1) is 6.58 Å². The van der Waals surface area contributed by atoms with Crippen molar-refractivity contribution < 1.29 is 28.1 Å². The normalized spacial score (nSPS) is 13.4. The number of phosphoric acid groups is 1. The number of unbranched alkanes of at least 4 members (excludes halogenated alkanes) is 24. The van der Waals surface area contributed by atoms with E-state index in [9.17, 15) is 19.0 Å². The molecule has 0 fully saturated rings. The molecule has 0 aromatic rings. The summed E-state index contributed by atoms with van der Waals surface area (Å²) in [5, 5.41) is 2.98. The van der Waals surface area contributed by atoms with Crippen molar-refractivity contribution in [1.82, 2.24) is 5.32 Å². The second-order valence-electron chi connectivity index (χ2n) is 12.9. The minimum absolute atomic E-state index is 0.0598. The Bertz CT molecular complexity index is 746. The fourth-order valence-electron chi connectivity index (χ4n) is 5.65. The van der Waals surface area contributed by atoms with Crippen LogP contribution in [0.5, 0.6) is 0 Å². The SMILES string of the molecule is C=CCNCC(OP(=O)(O)OC(=O)CCCCCCCCCCCCCCC)C(=O)CCCCCCCCCCCCCCC. The summed E-state index contributed by atoms with van der Waals surface area (Å²) in [6.07, 6.45) is 32.1. The van der Waals surface area contributed by atoms with Crippen LogP contribution in [-0.4, -0.2) is 35.8 Å². The fourth-order valence-corrected chi connectivity index (χ4v) is 6.55. The van der Waals surface area contributed by atoms with Gasteiger partial charge in [0, 0.05) is 25.9 Å². The van der Waals surface area contributed by atoms with Gasteiger partial charge in [0.1, 0.15) is 6.10 Å². The molecule has 266 valence electrons. The zero-order chi connectivity index (χ0) is 33.3. The van der Waals surface area contributed by atoms with E-state index < -0.39 is 19.9 Å².